The summed E-state index contributed by atoms with van der Waals surface area (Å²) in [4.78, 5) is 23.7. The molecular weight excluding hydrogens is 331 g/mol. The molecule has 2 rings (SSSR count). The van der Waals surface area contributed by atoms with Crippen molar-refractivity contribution in [3.8, 4) is 0 Å². The Bertz CT molecular complexity index is 750. The molecule has 24 heavy (non-hydrogen) atoms. The summed E-state index contributed by atoms with van der Waals surface area (Å²) < 4.78 is 13.4. The SMILES string of the molecule is Cc1ccc(CNC(=O)CCNC(=O)c2ccccc2Cl)cc1F. The number of aryl methyl sites for hydroxylation is 1. The Morgan fingerprint density at radius 1 is 1.12 bits per heavy atom. The van der Waals surface area contributed by atoms with Gasteiger partial charge in [0.15, 0.2) is 0 Å². The Hall–Kier alpha value is -2.40. The molecule has 0 saturated carbocycles. The number of halogens is 2. The lowest BCUT2D eigenvalue weighted by atomic mass is 10.1. The van der Waals surface area contributed by atoms with Crippen LogP contribution < -0.4 is 10.6 Å². The number of benzene rings is 2. The molecule has 0 fully saturated rings. The number of hydrogen-bond acceptors (Lipinski definition) is 2. The van der Waals surface area contributed by atoms with Gasteiger partial charge in [0.1, 0.15) is 5.82 Å². The molecule has 0 aromatic heterocycles. The Morgan fingerprint density at radius 2 is 1.88 bits per heavy atom. The van der Waals surface area contributed by atoms with Crippen molar-refractivity contribution in [1.29, 1.82) is 0 Å². The van der Waals surface area contributed by atoms with Crippen molar-refractivity contribution in [1.82, 2.24) is 10.6 Å². The molecule has 6 heteroatoms. The van der Waals surface area contributed by atoms with Crippen LogP contribution in [0.4, 0.5) is 4.39 Å². The molecule has 4 nitrogen and oxygen atoms in total. The lowest BCUT2D eigenvalue weighted by molar-refractivity contribution is -0.121. The highest BCUT2D eigenvalue weighted by molar-refractivity contribution is 6.33. The third kappa shape index (κ3) is 5.06. The third-order valence-corrected chi connectivity index (χ3v) is 3.81. The molecule has 2 amide bonds. The Labute approximate surface area is 145 Å². The molecule has 0 aliphatic rings. The van der Waals surface area contributed by atoms with Gasteiger partial charge in [-0.05, 0) is 36.2 Å². The maximum atomic E-state index is 13.4. The summed E-state index contributed by atoms with van der Waals surface area (Å²) in [6.07, 6.45) is 0.130. The fourth-order valence-electron chi connectivity index (χ4n) is 2.07. The summed E-state index contributed by atoms with van der Waals surface area (Å²) in [5.41, 5.74) is 1.62. The Balaban J connectivity index is 1.74. The number of carbonyl (C=O) groups is 2. The lowest BCUT2D eigenvalue weighted by Gasteiger charge is -2.08. The van der Waals surface area contributed by atoms with E-state index in [1.54, 1.807) is 43.3 Å². The van der Waals surface area contributed by atoms with Crippen LogP contribution in [-0.2, 0) is 11.3 Å². The van der Waals surface area contributed by atoms with E-state index in [-0.39, 0.29) is 37.1 Å². The average molecular weight is 349 g/mol. The predicted octanol–water partition coefficient (Wildman–Crippen LogP) is 3.22. The van der Waals surface area contributed by atoms with Crippen LogP contribution in [0.25, 0.3) is 0 Å². The zero-order valence-corrected chi connectivity index (χ0v) is 14.0. The van der Waals surface area contributed by atoms with Gasteiger partial charge in [0.05, 0.1) is 10.6 Å². The molecule has 0 atom stereocenters. The van der Waals surface area contributed by atoms with Crippen LogP contribution in [0.15, 0.2) is 42.5 Å². The van der Waals surface area contributed by atoms with Gasteiger partial charge in [0.2, 0.25) is 5.91 Å². The fraction of sp³-hybridized carbons (Fsp3) is 0.222. The van der Waals surface area contributed by atoms with Gasteiger partial charge in [0.25, 0.3) is 5.91 Å². The van der Waals surface area contributed by atoms with Gasteiger partial charge in [-0.3, -0.25) is 9.59 Å². The molecule has 0 saturated heterocycles. The highest BCUT2D eigenvalue weighted by Crippen LogP contribution is 2.14. The van der Waals surface area contributed by atoms with Crippen LogP contribution in [0, 0.1) is 12.7 Å². The van der Waals surface area contributed by atoms with E-state index in [9.17, 15) is 14.0 Å². The van der Waals surface area contributed by atoms with Crippen molar-refractivity contribution in [3.05, 3.63) is 70.0 Å². The molecule has 126 valence electrons. The summed E-state index contributed by atoms with van der Waals surface area (Å²) in [6.45, 7) is 2.12. The molecule has 0 aliphatic heterocycles. The van der Waals surface area contributed by atoms with Gasteiger partial charge < -0.3 is 10.6 Å². The number of hydrogen-bond donors (Lipinski definition) is 2. The molecule has 0 unspecified atom stereocenters. The first-order chi connectivity index (χ1) is 11.5. The maximum absolute atomic E-state index is 13.4. The zero-order valence-electron chi connectivity index (χ0n) is 13.2. The van der Waals surface area contributed by atoms with Crippen molar-refractivity contribution in [3.63, 3.8) is 0 Å². The summed E-state index contributed by atoms with van der Waals surface area (Å²) in [7, 11) is 0. The monoisotopic (exact) mass is 348 g/mol. The molecule has 2 aromatic rings. The summed E-state index contributed by atoms with van der Waals surface area (Å²) in [5.74, 6) is -0.849. The van der Waals surface area contributed by atoms with Crippen LogP contribution in [0.3, 0.4) is 0 Å². The van der Waals surface area contributed by atoms with E-state index in [0.717, 1.165) is 0 Å². The van der Waals surface area contributed by atoms with E-state index in [2.05, 4.69) is 10.6 Å². The number of rotatable bonds is 6. The van der Waals surface area contributed by atoms with Crippen molar-refractivity contribution in [2.75, 3.05) is 6.54 Å². The van der Waals surface area contributed by atoms with Crippen molar-refractivity contribution in [2.24, 2.45) is 0 Å². The van der Waals surface area contributed by atoms with Gasteiger partial charge in [0, 0.05) is 19.5 Å². The smallest absolute Gasteiger partial charge is 0.252 e. The van der Waals surface area contributed by atoms with Gasteiger partial charge in [-0.1, -0.05) is 35.9 Å². The first-order valence-corrected chi connectivity index (χ1v) is 7.89. The largest absolute Gasteiger partial charge is 0.352 e. The van der Waals surface area contributed by atoms with Crippen LogP contribution in [0.1, 0.15) is 27.9 Å². The van der Waals surface area contributed by atoms with E-state index in [1.165, 1.54) is 6.07 Å². The molecule has 0 radical (unpaired) electrons. The van der Waals surface area contributed by atoms with Gasteiger partial charge in [-0.15, -0.1) is 0 Å². The Morgan fingerprint density at radius 3 is 2.58 bits per heavy atom. The van der Waals surface area contributed by atoms with Crippen LogP contribution in [0.2, 0.25) is 5.02 Å². The summed E-state index contributed by atoms with van der Waals surface area (Å²) in [5, 5.41) is 5.69. The molecule has 0 aliphatic carbocycles. The van der Waals surface area contributed by atoms with Crippen LogP contribution in [0.5, 0.6) is 0 Å². The maximum Gasteiger partial charge on any atom is 0.252 e. The minimum Gasteiger partial charge on any atom is -0.352 e. The fourth-order valence-corrected chi connectivity index (χ4v) is 2.29. The van der Waals surface area contributed by atoms with Gasteiger partial charge in [-0.2, -0.15) is 0 Å². The molecular formula is C18H18ClFN2O2. The molecule has 0 bridgehead atoms. The van der Waals surface area contributed by atoms with Crippen molar-refractivity contribution >= 4 is 23.4 Å². The Kier molecular flexibility index (Phi) is 6.32. The number of nitrogens with one attached hydrogen (secondary N) is 2. The zero-order chi connectivity index (χ0) is 17.5. The van der Waals surface area contributed by atoms with Crippen LogP contribution in [-0.4, -0.2) is 18.4 Å². The average Bonchev–Trinajstić information content (AvgIpc) is 2.56. The molecule has 0 spiro atoms. The quantitative estimate of drug-likeness (QED) is 0.842. The highest BCUT2D eigenvalue weighted by Gasteiger charge is 2.09. The minimum atomic E-state index is -0.325. The topological polar surface area (TPSA) is 58.2 Å². The molecule has 2 aromatic carbocycles. The van der Waals surface area contributed by atoms with E-state index in [1.807, 2.05) is 0 Å². The second-order valence-corrected chi connectivity index (χ2v) is 5.75. The molecule has 0 heterocycles. The second kappa shape index (κ2) is 8.45. The number of amides is 2. The predicted molar refractivity (Wildman–Crippen MR) is 91.4 cm³/mol. The lowest BCUT2D eigenvalue weighted by Crippen LogP contribution is -2.30. The van der Waals surface area contributed by atoms with Crippen LogP contribution >= 0.6 is 11.6 Å². The van der Waals surface area contributed by atoms with E-state index < -0.39 is 0 Å². The summed E-state index contributed by atoms with van der Waals surface area (Å²) in [6, 6.07) is 11.5. The number of carbonyl (C=O) groups excluding carboxylic acids is 2. The van der Waals surface area contributed by atoms with Gasteiger partial charge in [-0.25, -0.2) is 4.39 Å². The van der Waals surface area contributed by atoms with Crippen molar-refractivity contribution < 1.29 is 14.0 Å². The molecule has 2 N–H and O–H groups in total. The second-order valence-electron chi connectivity index (χ2n) is 5.35. The summed E-state index contributed by atoms with van der Waals surface area (Å²) >= 11 is 5.93. The normalized spacial score (nSPS) is 10.3. The third-order valence-electron chi connectivity index (χ3n) is 3.48. The first kappa shape index (κ1) is 17.9. The van der Waals surface area contributed by atoms with Gasteiger partial charge >= 0.3 is 0 Å². The van der Waals surface area contributed by atoms with Crippen molar-refractivity contribution in [2.45, 2.75) is 19.9 Å². The minimum absolute atomic E-state index is 0.130. The van der Waals surface area contributed by atoms with E-state index in [4.69, 9.17) is 11.6 Å². The highest BCUT2D eigenvalue weighted by atomic mass is 35.5. The first-order valence-electron chi connectivity index (χ1n) is 7.52. The standard InChI is InChI=1S/C18H18ClFN2O2/c1-12-6-7-13(10-16(12)20)11-22-17(23)8-9-21-18(24)14-4-2-3-5-15(14)19/h2-7,10H,8-9,11H2,1H3,(H,21,24)(H,22,23). The van der Waals surface area contributed by atoms with E-state index in [0.29, 0.717) is 21.7 Å². The van der Waals surface area contributed by atoms with E-state index >= 15 is 0 Å².